The number of nitrogens with zero attached hydrogens (tertiary/aromatic N) is 3. The summed E-state index contributed by atoms with van der Waals surface area (Å²) in [6.07, 6.45) is 0.878. The quantitative estimate of drug-likeness (QED) is 0.606. The first kappa shape index (κ1) is 18.5. The van der Waals surface area contributed by atoms with Gasteiger partial charge in [-0.05, 0) is 56.0 Å². The second kappa shape index (κ2) is 7.29. The molecule has 3 aromatic rings. The Morgan fingerprint density at radius 2 is 2.07 bits per heavy atom. The molecule has 140 valence electrons. The first-order valence-electron chi connectivity index (χ1n) is 9.33. The van der Waals surface area contributed by atoms with Crippen LogP contribution in [0, 0.1) is 25.2 Å². The van der Waals surface area contributed by atoms with E-state index in [1.165, 1.54) is 22.9 Å². The monoisotopic (exact) mass is 387 g/mol. The van der Waals surface area contributed by atoms with Gasteiger partial charge in [-0.25, -0.2) is 4.98 Å². The van der Waals surface area contributed by atoms with E-state index >= 15 is 0 Å². The fourth-order valence-corrected chi connectivity index (χ4v) is 4.62. The highest BCUT2D eigenvalue weighted by Crippen LogP contribution is 2.33. The summed E-state index contributed by atoms with van der Waals surface area (Å²) in [4.78, 5) is 19.6. The molecule has 0 saturated carbocycles. The maximum absolute atomic E-state index is 13.0. The molecule has 4 nitrogen and oxygen atoms in total. The van der Waals surface area contributed by atoms with Crippen molar-refractivity contribution in [2.45, 2.75) is 38.3 Å². The minimum Gasteiger partial charge on any atom is -0.308 e. The molecule has 1 aliphatic rings. The van der Waals surface area contributed by atoms with Gasteiger partial charge < -0.3 is 4.90 Å². The lowest BCUT2D eigenvalue weighted by Crippen LogP contribution is -2.37. The molecular formula is C23H21N3OS. The standard InChI is InChI=1S/C23H21N3OS/c1-14-8-9-18-11-19(12-24)23(25-22(18)16(14)3)28-13-21(27)26-15(2)10-17-6-4-5-7-20(17)26/h4-9,11,15H,10,13H2,1-3H3/t15-/m1/s1. The van der Waals surface area contributed by atoms with E-state index < -0.39 is 0 Å². The van der Waals surface area contributed by atoms with E-state index in [0.717, 1.165) is 28.6 Å². The number of hydrogen-bond donors (Lipinski definition) is 0. The second-order valence-electron chi connectivity index (χ2n) is 7.27. The number of nitriles is 1. The number of para-hydroxylation sites is 1. The van der Waals surface area contributed by atoms with Crippen LogP contribution in [0.1, 0.15) is 29.2 Å². The number of thioether (sulfide) groups is 1. The van der Waals surface area contributed by atoms with Gasteiger partial charge in [0.1, 0.15) is 11.1 Å². The molecule has 2 heterocycles. The first-order valence-corrected chi connectivity index (χ1v) is 10.3. The zero-order valence-corrected chi connectivity index (χ0v) is 17.0. The van der Waals surface area contributed by atoms with Gasteiger partial charge in [0.05, 0.1) is 16.8 Å². The number of aryl methyl sites for hydroxylation is 2. The smallest absolute Gasteiger partial charge is 0.237 e. The zero-order valence-electron chi connectivity index (χ0n) is 16.2. The van der Waals surface area contributed by atoms with Gasteiger partial charge in [0.15, 0.2) is 0 Å². The van der Waals surface area contributed by atoms with Gasteiger partial charge in [-0.1, -0.05) is 42.1 Å². The number of pyridine rings is 1. The SMILES string of the molecule is Cc1ccc2cc(C#N)c(SCC(=O)N3c4ccccc4C[C@H]3C)nc2c1C. The van der Waals surface area contributed by atoms with Crippen LogP contribution in [0.25, 0.3) is 10.9 Å². The number of fused-ring (bicyclic) bond motifs is 2. The Balaban J connectivity index is 1.61. The molecule has 4 rings (SSSR count). The molecule has 1 aliphatic heterocycles. The number of benzene rings is 2. The molecule has 0 bridgehead atoms. The van der Waals surface area contributed by atoms with Gasteiger partial charge in [0, 0.05) is 17.1 Å². The predicted octanol–water partition coefficient (Wildman–Crippen LogP) is 4.79. The van der Waals surface area contributed by atoms with E-state index in [1.807, 2.05) is 48.2 Å². The highest BCUT2D eigenvalue weighted by Gasteiger charge is 2.30. The Morgan fingerprint density at radius 3 is 2.86 bits per heavy atom. The third-order valence-corrected chi connectivity index (χ3v) is 6.38. The molecular weight excluding hydrogens is 366 g/mol. The van der Waals surface area contributed by atoms with E-state index in [0.29, 0.717) is 10.6 Å². The van der Waals surface area contributed by atoms with E-state index in [9.17, 15) is 10.1 Å². The highest BCUT2D eigenvalue weighted by atomic mass is 32.2. The third-order valence-electron chi connectivity index (χ3n) is 5.41. The lowest BCUT2D eigenvalue weighted by molar-refractivity contribution is -0.116. The fourth-order valence-electron chi connectivity index (χ4n) is 3.80. The maximum Gasteiger partial charge on any atom is 0.237 e. The highest BCUT2D eigenvalue weighted by molar-refractivity contribution is 8.00. The van der Waals surface area contributed by atoms with Crippen molar-refractivity contribution in [2.24, 2.45) is 0 Å². The van der Waals surface area contributed by atoms with Crippen molar-refractivity contribution in [1.82, 2.24) is 4.98 Å². The van der Waals surface area contributed by atoms with Crippen LogP contribution >= 0.6 is 11.8 Å². The molecule has 0 saturated heterocycles. The van der Waals surface area contributed by atoms with E-state index in [4.69, 9.17) is 4.98 Å². The molecule has 5 heteroatoms. The van der Waals surface area contributed by atoms with E-state index in [2.05, 4.69) is 26.0 Å². The number of anilines is 1. The molecule has 1 amide bonds. The molecule has 0 fully saturated rings. The van der Waals surface area contributed by atoms with Crippen molar-refractivity contribution in [3.63, 3.8) is 0 Å². The van der Waals surface area contributed by atoms with Gasteiger partial charge in [0.2, 0.25) is 5.91 Å². The topological polar surface area (TPSA) is 57.0 Å². The average Bonchev–Trinajstić information content (AvgIpc) is 3.04. The number of rotatable bonds is 3. The Labute approximate surface area is 169 Å². The molecule has 0 unspecified atom stereocenters. The minimum atomic E-state index is 0.0502. The van der Waals surface area contributed by atoms with Crippen molar-refractivity contribution in [3.05, 3.63) is 64.7 Å². The van der Waals surface area contributed by atoms with Crippen LogP contribution in [0.15, 0.2) is 47.5 Å². The van der Waals surface area contributed by atoms with Gasteiger partial charge >= 0.3 is 0 Å². The second-order valence-corrected chi connectivity index (χ2v) is 8.23. The van der Waals surface area contributed by atoms with Gasteiger partial charge in [-0.2, -0.15) is 5.26 Å². The van der Waals surface area contributed by atoms with Crippen LogP contribution in [0.3, 0.4) is 0 Å². The molecule has 0 aliphatic carbocycles. The van der Waals surface area contributed by atoms with Crippen LogP contribution in [-0.4, -0.2) is 22.7 Å². The average molecular weight is 388 g/mol. The van der Waals surface area contributed by atoms with Crippen molar-refractivity contribution in [2.75, 3.05) is 10.7 Å². The van der Waals surface area contributed by atoms with Crippen molar-refractivity contribution in [3.8, 4) is 6.07 Å². The molecule has 1 aromatic heterocycles. The molecule has 28 heavy (non-hydrogen) atoms. The van der Waals surface area contributed by atoms with Crippen molar-refractivity contribution in [1.29, 1.82) is 5.26 Å². The zero-order chi connectivity index (χ0) is 19.8. The lowest BCUT2D eigenvalue weighted by Gasteiger charge is -2.22. The molecule has 0 spiro atoms. The summed E-state index contributed by atoms with van der Waals surface area (Å²) in [5.41, 5.74) is 5.90. The Bertz CT molecular complexity index is 1130. The maximum atomic E-state index is 13.0. The van der Waals surface area contributed by atoms with Crippen molar-refractivity contribution < 1.29 is 4.79 Å². The van der Waals surface area contributed by atoms with E-state index in [-0.39, 0.29) is 17.7 Å². The summed E-state index contributed by atoms with van der Waals surface area (Å²) in [5, 5.41) is 11.1. The fraction of sp³-hybridized carbons (Fsp3) is 0.261. The van der Waals surface area contributed by atoms with Gasteiger partial charge in [-0.15, -0.1) is 0 Å². The third kappa shape index (κ3) is 3.14. The van der Waals surface area contributed by atoms with Gasteiger partial charge in [0.25, 0.3) is 0 Å². The lowest BCUT2D eigenvalue weighted by atomic mass is 10.0. The Hall–Kier alpha value is -2.84. The molecule has 0 N–H and O–H groups in total. The van der Waals surface area contributed by atoms with Gasteiger partial charge in [-0.3, -0.25) is 4.79 Å². The summed E-state index contributed by atoms with van der Waals surface area (Å²) >= 11 is 1.35. The summed E-state index contributed by atoms with van der Waals surface area (Å²) in [6.45, 7) is 6.17. The summed E-state index contributed by atoms with van der Waals surface area (Å²) in [7, 11) is 0. The van der Waals surface area contributed by atoms with Crippen LogP contribution in [-0.2, 0) is 11.2 Å². The molecule has 2 aromatic carbocycles. The van der Waals surface area contributed by atoms with E-state index in [1.54, 1.807) is 0 Å². The van der Waals surface area contributed by atoms with Crippen LogP contribution < -0.4 is 4.90 Å². The minimum absolute atomic E-state index is 0.0502. The first-order chi connectivity index (χ1) is 13.5. The normalized spacial score (nSPS) is 15.5. The number of aromatic nitrogens is 1. The largest absolute Gasteiger partial charge is 0.308 e. The number of carbonyl (C=O) groups is 1. The van der Waals surface area contributed by atoms with Crippen molar-refractivity contribution >= 4 is 34.3 Å². The van der Waals surface area contributed by atoms with Crippen LogP contribution in [0.4, 0.5) is 5.69 Å². The predicted molar refractivity (Wildman–Crippen MR) is 114 cm³/mol. The Morgan fingerprint density at radius 1 is 1.29 bits per heavy atom. The number of amides is 1. The summed E-state index contributed by atoms with van der Waals surface area (Å²) in [6, 6.07) is 16.3. The van der Waals surface area contributed by atoms with Crippen LogP contribution in [0.2, 0.25) is 0 Å². The molecule has 1 atom stereocenters. The van der Waals surface area contributed by atoms with Crippen LogP contribution in [0.5, 0.6) is 0 Å². The number of carbonyl (C=O) groups excluding carboxylic acids is 1. The molecule has 0 radical (unpaired) electrons. The summed E-state index contributed by atoms with van der Waals surface area (Å²) < 4.78 is 0. The number of hydrogen-bond acceptors (Lipinski definition) is 4. The Kier molecular flexibility index (Phi) is 4.82. The summed E-state index contributed by atoms with van der Waals surface area (Å²) in [5.74, 6) is 0.311.